The fourth-order valence-corrected chi connectivity index (χ4v) is 5.06. The van der Waals surface area contributed by atoms with Crippen molar-refractivity contribution in [3.05, 3.63) is 145 Å². The molecule has 0 unspecified atom stereocenters. The average Bonchev–Trinajstić information content (AvgIpc) is 2.88. The van der Waals surface area contributed by atoms with Gasteiger partial charge in [0, 0.05) is 11.1 Å². The molecule has 4 aromatic rings. The second-order valence-electron chi connectivity index (χ2n) is 9.19. The van der Waals surface area contributed by atoms with Gasteiger partial charge in [-0.1, -0.05) is 112 Å². The van der Waals surface area contributed by atoms with E-state index in [2.05, 4.69) is 129 Å². The summed E-state index contributed by atoms with van der Waals surface area (Å²) in [7, 11) is 0. The molecule has 1 aliphatic heterocycles. The van der Waals surface area contributed by atoms with Gasteiger partial charge in [0.1, 0.15) is 0 Å². The zero-order valence-corrected chi connectivity index (χ0v) is 19.8. The highest BCUT2D eigenvalue weighted by Crippen LogP contribution is 2.52. The molecule has 5 rings (SSSR count). The van der Waals surface area contributed by atoms with Crippen LogP contribution in [0.1, 0.15) is 30.5 Å². The molecule has 0 fully saturated rings. The lowest BCUT2D eigenvalue weighted by molar-refractivity contribution is 0.632. The molecule has 1 aliphatic rings. The first-order valence-corrected chi connectivity index (χ1v) is 11.7. The molecule has 1 heterocycles. The normalized spacial score (nSPS) is 14.2. The van der Waals surface area contributed by atoms with Crippen LogP contribution in [0.2, 0.25) is 0 Å². The summed E-state index contributed by atoms with van der Waals surface area (Å²) in [5, 5.41) is 0. The van der Waals surface area contributed by atoms with E-state index in [1.54, 1.807) is 0 Å². The Balaban J connectivity index is 1.81. The van der Waals surface area contributed by atoms with Crippen molar-refractivity contribution >= 4 is 22.6 Å². The van der Waals surface area contributed by atoms with Gasteiger partial charge in [0.2, 0.25) is 0 Å². The SMILES string of the molecule is C=C/C=C(\C=C)c1cc(-c2ccccc2)cc(N2c3ccccc3C(C)(C)c3ccccc32)c1. The molecule has 0 radical (unpaired) electrons. The molecule has 34 heavy (non-hydrogen) atoms. The lowest BCUT2D eigenvalue weighted by Crippen LogP contribution is -2.30. The third kappa shape index (κ3) is 3.60. The molecule has 0 saturated carbocycles. The fourth-order valence-electron chi connectivity index (χ4n) is 5.06. The predicted molar refractivity (Wildman–Crippen MR) is 147 cm³/mol. The Morgan fingerprint density at radius 3 is 1.88 bits per heavy atom. The molecule has 0 spiro atoms. The lowest BCUT2D eigenvalue weighted by Gasteiger charge is -2.42. The molecule has 0 aromatic heterocycles. The van der Waals surface area contributed by atoms with Gasteiger partial charge < -0.3 is 4.90 Å². The van der Waals surface area contributed by atoms with Crippen molar-refractivity contribution in [1.29, 1.82) is 0 Å². The van der Waals surface area contributed by atoms with Crippen LogP contribution in [0, 0.1) is 0 Å². The number of fused-ring (bicyclic) bond motifs is 2. The van der Waals surface area contributed by atoms with Crippen molar-refractivity contribution in [3.8, 4) is 11.1 Å². The van der Waals surface area contributed by atoms with Crippen molar-refractivity contribution in [1.82, 2.24) is 0 Å². The topological polar surface area (TPSA) is 3.24 Å². The van der Waals surface area contributed by atoms with Crippen molar-refractivity contribution in [3.63, 3.8) is 0 Å². The van der Waals surface area contributed by atoms with E-state index in [9.17, 15) is 0 Å². The molecular formula is C33H29N. The second-order valence-corrected chi connectivity index (χ2v) is 9.19. The molecule has 0 amide bonds. The molecule has 0 bridgehead atoms. The number of benzene rings is 4. The Bertz CT molecular complexity index is 1360. The first-order chi connectivity index (χ1) is 16.5. The number of rotatable bonds is 5. The molecule has 4 aromatic carbocycles. The van der Waals surface area contributed by atoms with Gasteiger partial charge in [0.05, 0.1) is 11.4 Å². The van der Waals surface area contributed by atoms with Gasteiger partial charge in [-0.3, -0.25) is 0 Å². The van der Waals surface area contributed by atoms with E-state index >= 15 is 0 Å². The summed E-state index contributed by atoms with van der Waals surface area (Å²) < 4.78 is 0. The molecule has 0 N–H and O–H groups in total. The van der Waals surface area contributed by atoms with Crippen LogP contribution < -0.4 is 4.90 Å². The molecule has 0 saturated heterocycles. The van der Waals surface area contributed by atoms with E-state index in [-0.39, 0.29) is 5.41 Å². The quantitative estimate of drug-likeness (QED) is 0.280. The Labute approximate surface area is 203 Å². The molecule has 0 atom stereocenters. The third-order valence-corrected chi connectivity index (χ3v) is 6.77. The summed E-state index contributed by atoms with van der Waals surface area (Å²) >= 11 is 0. The van der Waals surface area contributed by atoms with Gasteiger partial charge in [-0.15, -0.1) is 0 Å². The van der Waals surface area contributed by atoms with E-state index in [0.29, 0.717) is 0 Å². The number of hydrogen-bond donors (Lipinski definition) is 0. The van der Waals surface area contributed by atoms with Crippen LogP contribution in [0.25, 0.3) is 16.7 Å². The number of nitrogens with zero attached hydrogens (tertiary/aromatic N) is 1. The fraction of sp³-hybridized carbons (Fsp3) is 0.0909. The van der Waals surface area contributed by atoms with Crippen LogP contribution in [-0.2, 0) is 5.41 Å². The van der Waals surface area contributed by atoms with Gasteiger partial charge in [-0.25, -0.2) is 0 Å². The maximum atomic E-state index is 4.06. The summed E-state index contributed by atoms with van der Waals surface area (Å²) in [6, 6.07) is 34.9. The first-order valence-electron chi connectivity index (χ1n) is 11.7. The van der Waals surface area contributed by atoms with Gasteiger partial charge in [-0.2, -0.15) is 0 Å². The lowest BCUT2D eigenvalue weighted by atomic mass is 9.73. The minimum Gasteiger partial charge on any atom is -0.310 e. The van der Waals surface area contributed by atoms with E-state index in [1.165, 1.54) is 33.6 Å². The van der Waals surface area contributed by atoms with Crippen LogP contribution in [0.15, 0.2) is 128 Å². The van der Waals surface area contributed by atoms with Gasteiger partial charge in [0.15, 0.2) is 0 Å². The highest BCUT2D eigenvalue weighted by atomic mass is 15.2. The van der Waals surface area contributed by atoms with Crippen LogP contribution in [-0.4, -0.2) is 0 Å². The van der Waals surface area contributed by atoms with Gasteiger partial charge >= 0.3 is 0 Å². The van der Waals surface area contributed by atoms with Crippen LogP contribution >= 0.6 is 0 Å². The zero-order valence-electron chi connectivity index (χ0n) is 19.8. The van der Waals surface area contributed by atoms with E-state index in [0.717, 1.165) is 16.8 Å². The zero-order chi connectivity index (χ0) is 23.7. The number of allylic oxidation sites excluding steroid dienone is 4. The van der Waals surface area contributed by atoms with Gasteiger partial charge in [0.25, 0.3) is 0 Å². The first kappa shape index (κ1) is 21.7. The highest BCUT2D eigenvalue weighted by Gasteiger charge is 2.36. The Morgan fingerprint density at radius 1 is 0.706 bits per heavy atom. The maximum absolute atomic E-state index is 4.06. The summed E-state index contributed by atoms with van der Waals surface area (Å²) in [6.45, 7) is 12.6. The third-order valence-electron chi connectivity index (χ3n) is 6.77. The van der Waals surface area contributed by atoms with Crippen molar-refractivity contribution in [2.24, 2.45) is 0 Å². The van der Waals surface area contributed by atoms with Crippen molar-refractivity contribution in [2.45, 2.75) is 19.3 Å². The van der Waals surface area contributed by atoms with E-state index < -0.39 is 0 Å². The average molecular weight is 440 g/mol. The highest BCUT2D eigenvalue weighted by molar-refractivity contribution is 5.90. The van der Waals surface area contributed by atoms with E-state index in [1.807, 2.05) is 18.2 Å². The minimum absolute atomic E-state index is 0.0847. The molecule has 1 heteroatoms. The molecule has 1 nitrogen and oxygen atoms in total. The summed E-state index contributed by atoms with van der Waals surface area (Å²) in [6.07, 6.45) is 5.73. The summed E-state index contributed by atoms with van der Waals surface area (Å²) in [5.74, 6) is 0. The van der Waals surface area contributed by atoms with Crippen LogP contribution in [0.3, 0.4) is 0 Å². The monoisotopic (exact) mass is 439 g/mol. The Kier molecular flexibility index (Phi) is 5.55. The molecule has 0 aliphatic carbocycles. The van der Waals surface area contributed by atoms with Crippen molar-refractivity contribution < 1.29 is 0 Å². The smallest absolute Gasteiger partial charge is 0.0502 e. The largest absolute Gasteiger partial charge is 0.310 e. The second kappa shape index (κ2) is 8.68. The number of hydrogen-bond acceptors (Lipinski definition) is 1. The van der Waals surface area contributed by atoms with Crippen LogP contribution in [0.5, 0.6) is 0 Å². The van der Waals surface area contributed by atoms with E-state index in [4.69, 9.17) is 0 Å². The number of anilines is 3. The minimum atomic E-state index is -0.0847. The molecule has 166 valence electrons. The van der Waals surface area contributed by atoms with Crippen molar-refractivity contribution in [2.75, 3.05) is 4.90 Å². The molecular weight excluding hydrogens is 410 g/mol. The predicted octanol–water partition coefficient (Wildman–Crippen LogP) is 9.22. The summed E-state index contributed by atoms with van der Waals surface area (Å²) in [4.78, 5) is 2.40. The number of para-hydroxylation sites is 2. The summed E-state index contributed by atoms with van der Waals surface area (Å²) in [5.41, 5.74) is 10.7. The Hall–Kier alpha value is -4.10. The standard InChI is InChI=1S/C33H29N/c1-5-14-24(6-2)26-21-27(25-15-8-7-9-16-25)23-28(22-26)34-31-19-12-10-17-29(31)33(3,4)30-18-11-13-20-32(30)34/h5-23H,1-2H2,3-4H3/b24-14+. The van der Waals surface area contributed by atoms with Gasteiger partial charge in [-0.05, 0) is 63.7 Å². The van der Waals surface area contributed by atoms with Crippen LogP contribution in [0.4, 0.5) is 17.1 Å². The Morgan fingerprint density at radius 2 is 1.29 bits per heavy atom. The maximum Gasteiger partial charge on any atom is 0.0502 e.